The van der Waals surface area contributed by atoms with Gasteiger partial charge in [0.1, 0.15) is 12.1 Å². The molecule has 0 aromatic heterocycles. The first kappa shape index (κ1) is 26.1. The van der Waals surface area contributed by atoms with Crippen LogP contribution in [-0.2, 0) is 30.1 Å². The summed E-state index contributed by atoms with van der Waals surface area (Å²) in [6, 6.07) is 7.73. The van der Waals surface area contributed by atoms with Gasteiger partial charge in [-0.05, 0) is 68.9 Å². The lowest BCUT2D eigenvalue weighted by Gasteiger charge is -2.42. The van der Waals surface area contributed by atoms with Crippen LogP contribution < -0.4 is 10.0 Å². The highest BCUT2D eigenvalue weighted by atomic mass is 32.2. The van der Waals surface area contributed by atoms with Crippen molar-refractivity contribution in [3.8, 4) is 0 Å². The van der Waals surface area contributed by atoms with Gasteiger partial charge in [-0.15, -0.1) is 0 Å². The van der Waals surface area contributed by atoms with Crippen LogP contribution in [0, 0.1) is 17.8 Å². The van der Waals surface area contributed by atoms with E-state index in [4.69, 9.17) is 4.74 Å². The van der Waals surface area contributed by atoms with Crippen molar-refractivity contribution in [2.24, 2.45) is 17.8 Å². The van der Waals surface area contributed by atoms with E-state index in [1.807, 2.05) is 18.2 Å². The lowest BCUT2D eigenvalue weighted by molar-refractivity contribution is -0.149. The molecule has 35 heavy (non-hydrogen) atoms. The van der Waals surface area contributed by atoms with Gasteiger partial charge < -0.3 is 15.2 Å². The van der Waals surface area contributed by atoms with E-state index in [1.165, 1.54) is 0 Å². The smallest absolute Gasteiger partial charge is 0.323 e. The standard InChI is InChI=1S/C25H37N3O6S/c1-2-34-25(31)23-12-21(27-35(32,33)16-17-6-4-3-5-7-17)15-28(23)14-18-8-9-19-13-26-22(24(29)30)11-20(19)10-18/h3-7,18-23,26-27H,2,8-16H2,1H3,(H,29,30)/t18-,19-,20+,21-,22-,23-/m0/s1. The summed E-state index contributed by atoms with van der Waals surface area (Å²) in [5.74, 6) is 0.00909. The SMILES string of the molecule is CCOC(=O)[C@@H]1C[C@H](NS(=O)(=O)Cc2ccccc2)CN1C[C@H]1CC[C@H]2CN[C@H](C(=O)O)C[C@H]2C1. The Morgan fingerprint density at radius 3 is 2.63 bits per heavy atom. The first-order valence-electron chi connectivity index (χ1n) is 12.6. The molecule has 4 rings (SSSR count). The number of carboxylic acids is 1. The molecular weight excluding hydrogens is 470 g/mol. The topological polar surface area (TPSA) is 125 Å². The van der Waals surface area contributed by atoms with Gasteiger partial charge in [-0.1, -0.05) is 30.3 Å². The number of carboxylic acid groups (broad SMARTS) is 1. The molecule has 0 bridgehead atoms. The Kier molecular flexibility index (Phi) is 8.46. The highest BCUT2D eigenvalue weighted by Gasteiger charge is 2.42. The number of sulfonamides is 1. The Balaban J connectivity index is 1.39. The largest absolute Gasteiger partial charge is 0.480 e. The predicted molar refractivity (Wildman–Crippen MR) is 131 cm³/mol. The van der Waals surface area contributed by atoms with E-state index in [1.54, 1.807) is 19.1 Å². The minimum Gasteiger partial charge on any atom is -0.480 e. The Morgan fingerprint density at radius 1 is 1.14 bits per heavy atom. The summed E-state index contributed by atoms with van der Waals surface area (Å²) in [6.45, 7) is 3.95. The summed E-state index contributed by atoms with van der Waals surface area (Å²) < 4.78 is 33.7. The number of esters is 1. The summed E-state index contributed by atoms with van der Waals surface area (Å²) >= 11 is 0. The fraction of sp³-hybridized carbons (Fsp3) is 0.680. The zero-order valence-electron chi connectivity index (χ0n) is 20.3. The normalized spacial score (nSPS) is 31.6. The minimum absolute atomic E-state index is 0.0983. The molecule has 194 valence electrons. The summed E-state index contributed by atoms with van der Waals surface area (Å²) in [7, 11) is -3.56. The van der Waals surface area contributed by atoms with Crippen LogP contribution in [0.4, 0.5) is 0 Å². The average molecular weight is 508 g/mol. The van der Waals surface area contributed by atoms with Gasteiger partial charge in [-0.25, -0.2) is 13.1 Å². The fourth-order valence-corrected chi connectivity index (χ4v) is 7.50. The highest BCUT2D eigenvalue weighted by Crippen LogP contribution is 2.39. The van der Waals surface area contributed by atoms with Crippen LogP contribution in [0.1, 0.15) is 44.6 Å². The maximum atomic E-state index is 12.8. The van der Waals surface area contributed by atoms with Gasteiger partial charge in [0.2, 0.25) is 10.0 Å². The summed E-state index contributed by atoms with van der Waals surface area (Å²) in [5.41, 5.74) is 0.718. The lowest BCUT2D eigenvalue weighted by atomic mass is 9.69. The zero-order chi connectivity index (χ0) is 25.0. The van der Waals surface area contributed by atoms with E-state index in [-0.39, 0.29) is 24.4 Å². The molecule has 0 unspecified atom stereocenters. The Morgan fingerprint density at radius 2 is 1.91 bits per heavy atom. The number of rotatable bonds is 9. The molecule has 2 aliphatic heterocycles. The predicted octanol–water partition coefficient (Wildman–Crippen LogP) is 1.59. The van der Waals surface area contributed by atoms with Crippen molar-refractivity contribution in [1.29, 1.82) is 0 Å². The molecule has 1 aromatic carbocycles. The van der Waals surface area contributed by atoms with Gasteiger partial charge in [0.25, 0.3) is 0 Å². The van der Waals surface area contributed by atoms with Crippen LogP contribution in [0.5, 0.6) is 0 Å². The number of benzene rings is 1. The lowest BCUT2D eigenvalue weighted by Crippen LogP contribution is -2.50. The maximum Gasteiger partial charge on any atom is 0.323 e. The van der Waals surface area contributed by atoms with E-state index < -0.39 is 28.1 Å². The van der Waals surface area contributed by atoms with E-state index in [0.29, 0.717) is 43.7 Å². The third-order valence-electron chi connectivity index (χ3n) is 7.71. The first-order chi connectivity index (χ1) is 16.7. The van der Waals surface area contributed by atoms with Crippen molar-refractivity contribution in [2.75, 3.05) is 26.2 Å². The third-order valence-corrected chi connectivity index (χ3v) is 9.12. The monoisotopic (exact) mass is 507 g/mol. The molecule has 6 atom stereocenters. The van der Waals surface area contributed by atoms with Crippen LogP contribution in [0.3, 0.4) is 0 Å². The molecular formula is C25H37N3O6S. The molecule has 10 heteroatoms. The number of fused-ring (bicyclic) bond motifs is 1. The number of aliphatic carboxylic acids is 1. The van der Waals surface area contributed by atoms with Crippen LogP contribution >= 0.6 is 0 Å². The van der Waals surface area contributed by atoms with Gasteiger partial charge in [0, 0.05) is 19.1 Å². The molecule has 0 amide bonds. The van der Waals surface area contributed by atoms with Crippen LogP contribution in [-0.4, -0.2) is 74.7 Å². The van der Waals surface area contributed by atoms with Gasteiger partial charge >= 0.3 is 11.9 Å². The molecule has 0 spiro atoms. The molecule has 0 radical (unpaired) electrons. The molecule has 3 aliphatic rings. The van der Waals surface area contributed by atoms with Crippen molar-refractivity contribution in [2.45, 2.75) is 62.9 Å². The number of nitrogens with zero attached hydrogens (tertiary/aromatic N) is 1. The summed E-state index contributed by atoms with van der Waals surface area (Å²) in [5, 5.41) is 12.6. The van der Waals surface area contributed by atoms with Crippen molar-refractivity contribution in [3.63, 3.8) is 0 Å². The van der Waals surface area contributed by atoms with Gasteiger partial charge in [-0.3, -0.25) is 14.5 Å². The number of ether oxygens (including phenoxy) is 1. The molecule has 1 saturated carbocycles. The first-order valence-corrected chi connectivity index (χ1v) is 14.3. The molecule has 2 saturated heterocycles. The van der Waals surface area contributed by atoms with Gasteiger partial charge in [0.15, 0.2) is 0 Å². The van der Waals surface area contributed by atoms with E-state index in [0.717, 1.165) is 31.4 Å². The van der Waals surface area contributed by atoms with E-state index >= 15 is 0 Å². The Labute approximate surface area is 207 Å². The fourth-order valence-electron chi connectivity index (χ4n) is 6.11. The quantitative estimate of drug-likeness (QED) is 0.431. The van der Waals surface area contributed by atoms with Crippen LogP contribution in [0.2, 0.25) is 0 Å². The molecule has 3 N–H and O–H groups in total. The maximum absolute atomic E-state index is 12.8. The summed E-state index contributed by atoms with van der Waals surface area (Å²) in [6.07, 6.45) is 4.03. The number of nitrogens with one attached hydrogen (secondary N) is 2. The van der Waals surface area contributed by atoms with Gasteiger partial charge in [-0.2, -0.15) is 0 Å². The van der Waals surface area contributed by atoms with Crippen molar-refractivity contribution in [1.82, 2.24) is 14.9 Å². The second-order valence-electron chi connectivity index (χ2n) is 10.3. The second kappa shape index (κ2) is 11.4. The summed E-state index contributed by atoms with van der Waals surface area (Å²) in [4.78, 5) is 26.3. The van der Waals surface area contributed by atoms with Gasteiger partial charge in [0.05, 0.1) is 12.4 Å². The average Bonchev–Trinajstić information content (AvgIpc) is 3.20. The van der Waals surface area contributed by atoms with Crippen molar-refractivity contribution >= 4 is 22.0 Å². The zero-order valence-corrected chi connectivity index (χ0v) is 21.1. The van der Waals surface area contributed by atoms with Crippen LogP contribution in [0.15, 0.2) is 30.3 Å². The molecule has 9 nitrogen and oxygen atoms in total. The highest BCUT2D eigenvalue weighted by molar-refractivity contribution is 7.88. The number of carbonyl (C=O) groups excluding carboxylic acids is 1. The van der Waals surface area contributed by atoms with E-state index in [9.17, 15) is 23.1 Å². The van der Waals surface area contributed by atoms with Crippen molar-refractivity contribution < 1.29 is 27.9 Å². The Bertz CT molecular complexity index is 988. The number of hydrogen-bond acceptors (Lipinski definition) is 7. The number of carbonyl (C=O) groups is 2. The van der Waals surface area contributed by atoms with Crippen molar-refractivity contribution in [3.05, 3.63) is 35.9 Å². The molecule has 1 aliphatic carbocycles. The minimum atomic E-state index is -3.56. The third kappa shape index (κ3) is 6.81. The van der Waals surface area contributed by atoms with E-state index in [2.05, 4.69) is 14.9 Å². The Hall–Kier alpha value is -2.01. The number of piperidine rings is 1. The molecule has 2 heterocycles. The van der Waals surface area contributed by atoms with Crippen LogP contribution in [0.25, 0.3) is 0 Å². The molecule has 1 aromatic rings. The second-order valence-corrected chi connectivity index (χ2v) is 12.0. The molecule has 3 fully saturated rings. The number of likely N-dealkylation sites (tertiary alicyclic amines) is 1. The number of hydrogen-bond donors (Lipinski definition) is 3.